The van der Waals surface area contributed by atoms with Gasteiger partial charge >= 0.3 is 61.8 Å². The topological polar surface area (TPSA) is 0 Å². The van der Waals surface area contributed by atoms with Gasteiger partial charge in [0.15, 0.2) is 0 Å². The maximum absolute atomic E-state index is 2.29. The fourth-order valence-electron chi connectivity index (χ4n) is 0.707. The predicted molar refractivity (Wildman–Crippen MR) is 39.3 cm³/mol. The van der Waals surface area contributed by atoms with Crippen LogP contribution in [0.25, 0.3) is 0 Å². The van der Waals surface area contributed by atoms with Gasteiger partial charge < -0.3 is 0 Å². The molecule has 0 bridgehead atoms. The zero-order chi connectivity index (χ0) is 6.62. The third-order valence-corrected chi connectivity index (χ3v) is 1.28. The molecule has 44 valence electrons. The van der Waals surface area contributed by atoms with Crippen LogP contribution in [0.2, 0.25) is 4.09 Å². The number of unbranched alkanes of at least 4 members (excludes halogenated alkanes) is 1. The van der Waals surface area contributed by atoms with E-state index in [1.807, 2.05) is 0 Å². The molecule has 0 rings (SSSR count). The molecule has 8 heavy (non-hydrogen) atoms. The van der Waals surface area contributed by atoms with Gasteiger partial charge in [0.05, 0.1) is 0 Å². The Morgan fingerprint density at radius 1 is 1.38 bits per heavy atom. The fourth-order valence-corrected chi connectivity index (χ4v) is 0.707. The van der Waals surface area contributed by atoms with Crippen LogP contribution in [0.3, 0.4) is 0 Å². The molecule has 0 saturated carbocycles. The molecule has 0 aromatic carbocycles. The second-order valence-corrected chi connectivity index (χ2v) is 3.66. The monoisotopic (exact) mass is 106 g/mol. The van der Waals surface area contributed by atoms with E-state index in [-0.39, 0.29) is 0 Å². The SMILES string of the molecule is [Li][C](C)(C)CCCC. The van der Waals surface area contributed by atoms with Gasteiger partial charge in [-0.25, -0.2) is 0 Å². The Morgan fingerprint density at radius 2 is 1.88 bits per heavy atom. The molecule has 0 N–H and O–H groups in total. The van der Waals surface area contributed by atoms with E-state index in [9.17, 15) is 0 Å². The van der Waals surface area contributed by atoms with Crippen molar-refractivity contribution in [1.29, 1.82) is 0 Å². The quantitative estimate of drug-likeness (QED) is 0.485. The first-order valence-corrected chi connectivity index (χ1v) is 3.56. The van der Waals surface area contributed by atoms with Gasteiger partial charge in [0, 0.05) is 0 Å². The van der Waals surface area contributed by atoms with Crippen LogP contribution in [0.4, 0.5) is 0 Å². The Labute approximate surface area is 62.3 Å². The van der Waals surface area contributed by atoms with E-state index in [4.69, 9.17) is 0 Å². The van der Waals surface area contributed by atoms with Crippen molar-refractivity contribution >= 4 is 17.7 Å². The van der Waals surface area contributed by atoms with Gasteiger partial charge in [-0.2, -0.15) is 0 Å². The average molecular weight is 106 g/mol. The molecule has 0 spiro atoms. The first-order valence-electron chi connectivity index (χ1n) is 3.56. The summed E-state index contributed by atoms with van der Waals surface area (Å²) in [6.07, 6.45) is 4.07. The Bertz CT molecular complexity index is 51.9. The Hall–Kier alpha value is 0.597. The Kier molecular flexibility index (Phi) is 3.86. The van der Waals surface area contributed by atoms with Crippen molar-refractivity contribution < 1.29 is 0 Å². The van der Waals surface area contributed by atoms with Crippen molar-refractivity contribution in [2.75, 3.05) is 0 Å². The van der Waals surface area contributed by atoms with E-state index in [0.717, 1.165) is 0 Å². The summed E-state index contributed by atoms with van der Waals surface area (Å²) in [5.74, 6) is 0. The van der Waals surface area contributed by atoms with Gasteiger partial charge in [0.2, 0.25) is 0 Å². The van der Waals surface area contributed by atoms with Crippen LogP contribution in [0.5, 0.6) is 0 Å². The summed E-state index contributed by atoms with van der Waals surface area (Å²) >= 11 is 2.29. The summed E-state index contributed by atoms with van der Waals surface area (Å²) in [6.45, 7) is 6.83. The number of hydrogen-bond acceptors (Lipinski definition) is 0. The van der Waals surface area contributed by atoms with Gasteiger partial charge in [0.25, 0.3) is 0 Å². The summed E-state index contributed by atoms with van der Waals surface area (Å²) < 4.78 is 0.552. The van der Waals surface area contributed by atoms with Crippen molar-refractivity contribution in [3.05, 3.63) is 0 Å². The molecule has 0 atom stereocenters. The molecule has 0 aromatic rings. The molecule has 0 heterocycles. The van der Waals surface area contributed by atoms with E-state index in [1.165, 1.54) is 19.3 Å². The summed E-state index contributed by atoms with van der Waals surface area (Å²) in [4.78, 5) is 0. The zero-order valence-corrected chi connectivity index (χ0v) is 6.62. The molecule has 0 unspecified atom stereocenters. The molecule has 0 radical (unpaired) electrons. The van der Waals surface area contributed by atoms with Crippen molar-refractivity contribution in [3.63, 3.8) is 0 Å². The summed E-state index contributed by atoms with van der Waals surface area (Å²) in [7, 11) is 0. The van der Waals surface area contributed by atoms with E-state index in [2.05, 4.69) is 38.5 Å². The number of rotatable bonds is 3. The normalized spacial score (nSPS) is 12.1. The summed E-state index contributed by atoms with van der Waals surface area (Å²) in [6, 6.07) is 0. The third-order valence-electron chi connectivity index (χ3n) is 1.28. The fraction of sp³-hybridized carbons (Fsp3) is 1.00. The molecule has 0 nitrogen and oxygen atoms in total. The molecule has 0 fully saturated rings. The van der Waals surface area contributed by atoms with E-state index >= 15 is 0 Å². The van der Waals surface area contributed by atoms with Crippen molar-refractivity contribution in [1.82, 2.24) is 0 Å². The van der Waals surface area contributed by atoms with Gasteiger partial charge in [-0.05, 0) is 0 Å². The standard InChI is InChI=1S/C7H15.Li/c1-4-5-6-7(2)3;/h4-6H2,1-3H3;. The molecule has 1 heteroatoms. The minimum absolute atomic E-state index is 0.552. The second-order valence-electron chi connectivity index (χ2n) is 3.66. The van der Waals surface area contributed by atoms with Crippen molar-refractivity contribution in [3.8, 4) is 0 Å². The van der Waals surface area contributed by atoms with Crippen LogP contribution < -0.4 is 0 Å². The second kappa shape index (κ2) is 3.59. The predicted octanol–water partition coefficient (Wildman–Crippen LogP) is 2.54. The van der Waals surface area contributed by atoms with Crippen LogP contribution in [0, 0.1) is 0 Å². The molecule has 0 aromatic heterocycles. The Balaban J connectivity index is 3.11. The first kappa shape index (κ1) is 8.60. The zero-order valence-electron chi connectivity index (χ0n) is 6.62. The summed E-state index contributed by atoms with van der Waals surface area (Å²) in [5, 5.41) is 0. The third kappa shape index (κ3) is 6.60. The molecule has 0 saturated heterocycles. The van der Waals surface area contributed by atoms with Gasteiger partial charge in [-0.15, -0.1) is 0 Å². The summed E-state index contributed by atoms with van der Waals surface area (Å²) in [5.41, 5.74) is 0. The van der Waals surface area contributed by atoms with Gasteiger partial charge in [-0.3, -0.25) is 0 Å². The molecular weight excluding hydrogens is 91.0 g/mol. The van der Waals surface area contributed by atoms with Crippen molar-refractivity contribution in [2.45, 2.75) is 44.1 Å². The molecule has 0 amide bonds. The molecule has 0 aliphatic rings. The van der Waals surface area contributed by atoms with E-state index in [1.54, 1.807) is 0 Å². The van der Waals surface area contributed by atoms with Gasteiger partial charge in [0.1, 0.15) is 0 Å². The minimum atomic E-state index is 0.552. The number of hydrogen-bond donors (Lipinski definition) is 0. The average Bonchev–Trinajstić information content (AvgIpc) is 1.59. The van der Waals surface area contributed by atoms with E-state index < -0.39 is 0 Å². The van der Waals surface area contributed by atoms with Crippen molar-refractivity contribution in [2.24, 2.45) is 0 Å². The van der Waals surface area contributed by atoms with Crippen LogP contribution in [0.1, 0.15) is 40.0 Å². The van der Waals surface area contributed by atoms with Crippen LogP contribution in [0.15, 0.2) is 0 Å². The van der Waals surface area contributed by atoms with E-state index in [0.29, 0.717) is 4.09 Å². The molecular formula is C7H15Li. The van der Waals surface area contributed by atoms with Crippen LogP contribution in [-0.2, 0) is 0 Å². The first-order chi connectivity index (χ1) is 3.56. The molecule has 0 aliphatic heterocycles. The maximum atomic E-state index is 2.29. The van der Waals surface area contributed by atoms with Gasteiger partial charge in [-0.1, -0.05) is 0 Å². The van der Waals surface area contributed by atoms with Crippen LogP contribution in [-0.4, -0.2) is 17.7 Å². The molecule has 0 aliphatic carbocycles. The Morgan fingerprint density at radius 3 is 2.00 bits per heavy atom. The van der Waals surface area contributed by atoms with Crippen LogP contribution >= 0.6 is 0 Å².